The summed E-state index contributed by atoms with van der Waals surface area (Å²) in [4.78, 5) is 26.7. The highest BCUT2D eigenvalue weighted by atomic mass is 16.5. The maximum Gasteiger partial charge on any atom is 0.251 e. The van der Waals surface area contributed by atoms with Crippen LogP contribution in [0.5, 0.6) is 0 Å². The van der Waals surface area contributed by atoms with Crippen molar-refractivity contribution in [2.75, 3.05) is 18.5 Å². The Labute approximate surface area is 151 Å². The highest BCUT2D eigenvalue weighted by Crippen LogP contribution is 2.19. The molecular formula is C18H21N5O3. The Balaban J connectivity index is 1.51. The zero-order valence-electron chi connectivity index (χ0n) is 14.4. The van der Waals surface area contributed by atoms with Crippen molar-refractivity contribution < 1.29 is 14.3 Å². The number of nitrogens with zero attached hydrogens (tertiary/aromatic N) is 4. The van der Waals surface area contributed by atoms with Gasteiger partial charge in [0, 0.05) is 19.5 Å². The van der Waals surface area contributed by atoms with E-state index in [4.69, 9.17) is 4.74 Å². The predicted octanol–water partition coefficient (Wildman–Crippen LogP) is 0.980. The quantitative estimate of drug-likeness (QED) is 0.883. The maximum atomic E-state index is 12.8. The molecule has 0 spiro atoms. The first-order valence-corrected chi connectivity index (χ1v) is 8.86. The second-order valence-electron chi connectivity index (χ2n) is 6.58. The summed E-state index contributed by atoms with van der Waals surface area (Å²) in [6, 6.07) is 8.94. The number of carbonyl (C=O) groups excluding carboxylic acids is 2. The number of hydrogen-bond acceptors (Lipinski definition) is 5. The van der Waals surface area contributed by atoms with Crippen LogP contribution in [-0.2, 0) is 33.8 Å². The predicted molar refractivity (Wildman–Crippen MR) is 93.2 cm³/mol. The summed E-state index contributed by atoms with van der Waals surface area (Å²) in [6.07, 6.45) is 3.00. The van der Waals surface area contributed by atoms with E-state index in [-0.39, 0.29) is 25.0 Å². The summed E-state index contributed by atoms with van der Waals surface area (Å²) < 4.78 is 7.26. The zero-order valence-corrected chi connectivity index (χ0v) is 14.4. The van der Waals surface area contributed by atoms with Crippen molar-refractivity contribution in [2.45, 2.75) is 38.4 Å². The molecule has 3 heterocycles. The van der Waals surface area contributed by atoms with Gasteiger partial charge in [0.1, 0.15) is 18.5 Å². The number of carbonyl (C=O) groups is 2. The minimum absolute atomic E-state index is 0.00303. The molecule has 2 aliphatic rings. The van der Waals surface area contributed by atoms with Crippen molar-refractivity contribution in [3.63, 3.8) is 0 Å². The Hall–Kier alpha value is -2.74. The second-order valence-corrected chi connectivity index (χ2v) is 6.58. The minimum Gasteiger partial charge on any atom is -0.369 e. The average molecular weight is 355 g/mol. The van der Waals surface area contributed by atoms with E-state index >= 15 is 0 Å². The van der Waals surface area contributed by atoms with Gasteiger partial charge in [0.15, 0.2) is 0 Å². The van der Waals surface area contributed by atoms with Gasteiger partial charge in [-0.1, -0.05) is 30.3 Å². The van der Waals surface area contributed by atoms with E-state index in [1.807, 2.05) is 34.9 Å². The molecule has 1 aromatic carbocycles. The molecule has 2 amide bonds. The van der Waals surface area contributed by atoms with E-state index in [1.54, 1.807) is 4.90 Å². The van der Waals surface area contributed by atoms with E-state index in [9.17, 15) is 9.59 Å². The van der Waals surface area contributed by atoms with Crippen LogP contribution < -0.4 is 5.32 Å². The van der Waals surface area contributed by atoms with Gasteiger partial charge in [-0.05, 0) is 18.4 Å². The first-order chi connectivity index (χ1) is 12.7. The van der Waals surface area contributed by atoms with E-state index in [2.05, 4.69) is 15.5 Å². The summed E-state index contributed by atoms with van der Waals surface area (Å²) >= 11 is 0. The average Bonchev–Trinajstić information content (AvgIpc) is 3.07. The standard InChI is InChI=1S/C18H21N5O3/c24-16-12-26-11-14(23(16)10-13-6-2-1-3-7-13)17(25)19-18-21-20-15-8-4-5-9-22(15)18/h1-3,6-7,14H,4-5,8-12H2,(H,19,21,25). The van der Waals surface area contributed by atoms with Crippen molar-refractivity contribution in [1.82, 2.24) is 19.7 Å². The molecule has 1 atom stereocenters. The van der Waals surface area contributed by atoms with E-state index in [0.29, 0.717) is 12.5 Å². The third kappa shape index (κ3) is 3.32. The molecule has 0 aliphatic carbocycles. The van der Waals surface area contributed by atoms with Gasteiger partial charge in [-0.2, -0.15) is 0 Å². The number of nitrogens with one attached hydrogen (secondary N) is 1. The van der Waals surface area contributed by atoms with Gasteiger partial charge >= 0.3 is 0 Å². The number of aryl methyl sites for hydroxylation is 1. The Morgan fingerprint density at radius 3 is 2.92 bits per heavy atom. The zero-order chi connectivity index (χ0) is 17.9. The smallest absolute Gasteiger partial charge is 0.251 e. The Morgan fingerprint density at radius 1 is 1.23 bits per heavy atom. The Kier molecular flexibility index (Phi) is 4.66. The fourth-order valence-electron chi connectivity index (χ4n) is 3.39. The third-order valence-electron chi connectivity index (χ3n) is 4.79. The highest BCUT2D eigenvalue weighted by molar-refractivity contribution is 5.96. The molecule has 0 radical (unpaired) electrons. The SMILES string of the molecule is O=C(Nc1nnc2n1CCCC2)C1COCC(=O)N1Cc1ccccc1. The third-order valence-corrected chi connectivity index (χ3v) is 4.79. The fourth-order valence-corrected chi connectivity index (χ4v) is 3.39. The monoisotopic (exact) mass is 355 g/mol. The summed E-state index contributed by atoms with van der Waals surface area (Å²) in [5, 5.41) is 11.1. The van der Waals surface area contributed by atoms with Gasteiger partial charge in [-0.15, -0.1) is 10.2 Å². The van der Waals surface area contributed by atoms with Crippen molar-refractivity contribution in [1.29, 1.82) is 0 Å². The van der Waals surface area contributed by atoms with Crippen LogP contribution in [-0.4, -0.2) is 50.7 Å². The molecule has 1 fully saturated rings. The summed E-state index contributed by atoms with van der Waals surface area (Å²) in [7, 11) is 0. The number of anilines is 1. The fraction of sp³-hybridized carbons (Fsp3) is 0.444. The van der Waals surface area contributed by atoms with Crippen LogP contribution in [0.25, 0.3) is 0 Å². The van der Waals surface area contributed by atoms with E-state index in [0.717, 1.165) is 37.2 Å². The number of aromatic nitrogens is 3. The van der Waals surface area contributed by atoms with Crippen LogP contribution in [0.15, 0.2) is 30.3 Å². The lowest BCUT2D eigenvalue weighted by atomic mass is 10.1. The van der Waals surface area contributed by atoms with E-state index in [1.165, 1.54) is 0 Å². The largest absolute Gasteiger partial charge is 0.369 e. The van der Waals surface area contributed by atoms with Crippen molar-refractivity contribution in [2.24, 2.45) is 0 Å². The number of hydrogen-bond donors (Lipinski definition) is 1. The molecule has 2 aliphatic heterocycles. The number of morpholine rings is 1. The molecule has 8 nitrogen and oxygen atoms in total. The lowest BCUT2D eigenvalue weighted by molar-refractivity contribution is -0.154. The van der Waals surface area contributed by atoms with Crippen LogP contribution in [0.3, 0.4) is 0 Å². The molecular weight excluding hydrogens is 334 g/mol. The normalized spacial score (nSPS) is 19.9. The molecule has 4 rings (SSSR count). The Morgan fingerprint density at radius 2 is 2.08 bits per heavy atom. The lowest BCUT2D eigenvalue weighted by Crippen LogP contribution is -2.54. The molecule has 1 aromatic heterocycles. The summed E-state index contributed by atoms with van der Waals surface area (Å²) in [6.45, 7) is 1.34. The number of fused-ring (bicyclic) bond motifs is 1. The van der Waals surface area contributed by atoms with Crippen LogP contribution in [0, 0.1) is 0 Å². The Bertz CT molecular complexity index is 804. The van der Waals surface area contributed by atoms with E-state index < -0.39 is 6.04 Å². The van der Waals surface area contributed by atoms with Gasteiger partial charge in [-0.3, -0.25) is 19.5 Å². The van der Waals surface area contributed by atoms with Gasteiger partial charge < -0.3 is 9.64 Å². The number of ether oxygens (including phenoxy) is 1. The number of rotatable bonds is 4. The van der Waals surface area contributed by atoms with Gasteiger partial charge in [0.05, 0.1) is 6.61 Å². The molecule has 0 saturated carbocycles. The van der Waals surface area contributed by atoms with Crippen LogP contribution >= 0.6 is 0 Å². The number of benzene rings is 1. The highest BCUT2D eigenvalue weighted by Gasteiger charge is 2.35. The molecule has 2 aromatic rings. The first-order valence-electron chi connectivity index (χ1n) is 8.86. The topological polar surface area (TPSA) is 89.4 Å². The number of amides is 2. The molecule has 1 unspecified atom stereocenters. The van der Waals surface area contributed by atoms with Gasteiger partial charge in [0.2, 0.25) is 11.9 Å². The van der Waals surface area contributed by atoms with Crippen LogP contribution in [0.1, 0.15) is 24.2 Å². The first kappa shape index (κ1) is 16.7. The molecule has 1 N–H and O–H groups in total. The summed E-state index contributed by atoms with van der Waals surface area (Å²) in [5.41, 5.74) is 0.973. The molecule has 26 heavy (non-hydrogen) atoms. The maximum absolute atomic E-state index is 12.8. The van der Waals surface area contributed by atoms with Crippen molar-refractivity contribution >= 4 is 17.8 Å². The van der Waals surface area contributed by atoms with Crippen LogP contribution in [0.4, 0.5) is 5.95 Å². The summed E-state index contributed by atoms with van der Waals surface area (Å²) in [5.74, 6) is 0.851. The van der Waals surface area contributed by atoms with Crippen molar-refractivity contribution in [3.8, 4) is 0 Å². The van der Waals surface area contributed by atoms with Gasteiger partial charge in [-0.25, -0.2) is 0 Å². The second kappa shape index (κ2) is 7.25. The molecule has 1 saturated heterocycles. The van der Waals surface area contributed by atoms with Gasteiger partial charge in [0.25, 0.3) is 5.91 Å². The van der Waals surface area contributed by atoms with Crippen molar-refractivity contribution in [3.05, 3.63) is 41.7 Å². The van der Waals surface area contributed by atoms with Crippen LogP contribution in [0.2, 0.25) is 0 Å². The lowest BCUT2D eigenvalue weighted by Gasteiger charge is -2.34. The molecule has 136 valence electrons. The molecule has 0 bridgehead atoms. The minimum atomic E-state index is -0.687. The molecule has 8 heteroatoms.